The van der Waals surface area contributed by atoms with Crippen molar-refractivity contribution in [1.29, 1.82) is 0 Å². The van der Waals surface area contributed by atoms with Crippen molar-refractivity contribution in [2.75, 3.05) is 26.8 Å². The molecule has 1 aliphatic heterocycles. The fourth-order valence-corrected chi connectivity index (χ4v) is 4.66. The highest BCUT2D eigenvalue weighted by Gasteiger charge is 2.22. The molecule has 1 aliphatic carbocycles. The molecule has 0 unspecified atom stereocenters. The van der Waals surface area contributed by atoms with Gasteiger partial charge in [-0.05, 0) is 75.8 Å². The van der Waals surface area contributed by atoms with Gasteiger partial charge < -0.3 is 19.7 Å². The maximum atomic E-state index is 12.1. The first kappa shape index (κ1) is 25.2. The zero-order valence-corrected chi connectivity index (χ0v) is 21.2. The molecule has 35 heavy (non-hydrogen) atoms. The lowest BCUT2D eigenvalue weighted by atomic mass is 10.00. The number of hydrogen-bond acceptors (Lipinski definition) is 5. The van der Waals surface area contributed by atoms with Gasteiger partial charge in [0.05, 0.1) is 11.7 Å². The Kier molecular flexibility index (Phi) is 8.74. The third-order valence-corrected chi connectivity index (χ3v) is 6.99. The molecule has 0 spiro atoms. The minimum Gasteiger partial charge on any atom is -0.490 e. The number of carbonyl (C=O) groups excluding carboxylic acids is 1. The Hall–Kier alpha value is -2.93. The third-order valence-electron chi connectivity index (χ3n) is 6.99. The minimum absolute atomic E-state index is 0.0603. The van der Waals surface area contributed by atoms with Crippen LogP contribution in [0.25, 0.3) is 6.08 Å². The van der Waals surface area contributed by atoms with Crippen LogP contribution in [0, 0.1) is 0 Å². The minimum atomic E-state index is -0.0651. The number of rotatable bonds is 7. The number of urea groups is 1. The molecule has 1 saturated heterocycles. The molecule has 2 aromatic rings. The summed E-state index contributed by atoms with van der Waals surface area (Å²) in [5.74, 6) is 2.20. The molecule has 2 amide bonds. The first-order valence-corrected chi connectivity index (χ1v) is 12.9. The van der Waals surface area contributed by atoms with Gasteiger partial charge in [0.2, 0.25) is 0 Å². The fourth-order valence-electron chi connectivity index (χ4n) is 4.66. The summed E-state index contributed by atoms with van der Waals surface area (Å²) in [5.41, 5.74) is 3.42. The molecule has 2 aliphatic rings. The lowest BCUT2D eigenvalue weighted by Gasteiger charge is -2.20. The van der Waals surface area contributed by atoms with E-state index >= 15 is 0 Å². The van der Waals surface area contributed by atoms with Gasteiger partial charge in [-0.3, -0.25) is 0 Å². The molecule has 2 heterocycles. The van der Waals surface area contributed by atoms with Crippen LogP contribution in [-0.4, -0.2) is 53.8 Å². The molecule has 1 N–H and O–H groups in total. The summed E-state index contributed by atoms with van der Waals surface area (Å²) in [4.78, 5) is 23.2. The third kappa shape index (κ3) is 7.04. The van der Waals surface area contributed by atoms with Crippen molar-refractivity contribution in [1.82, 2.24) is 20.2 Å². The summed E-state index contributed by atoms with van der Waals surface area (Å²) in [7, 11) is 1.79. The van der Waals surface area contributed by atoms with E-state index in [-0.39, 0.29) is 18.2 Å². The van der Waals surface area contributed by atoms with Gasteiger partial charge in [-0.15, -0.1) is 0 Å². The van der Waals surface area contributed by atoms with Crippen molar-refractivity contribution in [2.24, 2.45) is 0 Å². The normalized spacial score (nSPS) is 22.4. The van der Waals surface area contributed by atoms with Crippen molar-refractivity contribution in [3.63, 3.8) is 0 Å². The van der Waals surface area contributed by atoms with E-state index in [1.54, 1.807) is 11.9 Å². The number of carbonyl (C=O) groups is 1. The van der Waals surface area contributed by atoms with Gasteiger partial charge in [0.25, 0.3) is 0 Å². The summed E-state index contributed by atoms with van der Waals surface area (Å²) in [5, 5.41) is 3.02. The van der Waals surface area contributed by atoms with Crippen LogP contribution in [0.5, 0.6) is 5.75 Å². The van der Waals surface area contributed by atoms with Crippen LogP contribution in [0.4, 0.5) is 4.79 Å². The van der Waals surface area contributed by atoms with Crippen molar-refractivity contribution in [3.05, 3.63) is 59.2 Å². The molecule has 0 radical (unpaired) electrons. The molecule has 1 aromatic carbocycles. The van der Waals surface area contributed by atoms with E-state index < -0.39 is 0 Å². The molecule has 3 atom stereocenters. The Labute approximate surface area is 208 Å². The molecule has 1 aromatic heterocycles. The summed E-state index contributed by atoms with van der Waals surface area (Å²) >= 11 is 0. The predicted octanol–water partition coefficient (Wildman–Crippen LogP) is 5.50. The van der Waals surface area contributed by atoms with E-state index in [9.17, 15) is 4.79 Å². The molecule has 1 saturated carbocycles. The standard InChI is InChI=1S/C28H38N4O3/c1-4-32(3)28(33)30-20(2)22-8-11-25(12-9-22)35-26-10-7-21(19-26)18-24-13-15-29-27(31-24)23-6-5-16-34-17-14-23/h8-9,11-13,15,18,20,23,26H,4-7,10,14,16-17,19H2,1-3H3,(H,30,33)/t20-,23+,26+/m0/s1. The number of amides is 2. The second-order valence-corrected chi connectivity index (χ2v) is 9.62. The Morgan fingerprint density at radius 2 is 2.06 bits per heavy atom. The number of nitrogens with zero attached hydrogens (tertiary/aromatic N) is 3. The maximum Gasteiger partial charge on any atom is 0.317 e. The number of aromatic nitrogens is 2. The van der Waals surface area contributed by atoms with Gasteiger partial charge in [0.15, 0.2) is 0 Å². The van der Waals surface area contributed by atoms with E-state index in [1.165, 1.54) is 5.57 Å². The van der Waals surface area contributed by atoms with Crippen molar-refractivity contribution >= 4 is 12.1 Å². The monoisotopic (exact) mass is 478 g/mol. The number of hydrogen-bond donors (Lipinski definition) is 1. The van der Waals surface area contributed by atoms with E-state index in [0.717, 1.165) is 74.6 Å². The summed E-state index contributed by atoms with van der Waals surface area (Å²) in [6, 6.07) is 9.92. The number of ether oxygens (including phenoxy) is 2. The van der Waals surface area contributed by atoms with Crippen LogP contribution < -0.4 is 10.1 Å². The zero-order chi connectivity index (χ0) is 24.6. The first-order chi connectivity index (χ1) is 17.0. The van der Waals surface area contributed by atoms with Crippen molar-refractivity contribution in [3.8, 4) is 5.75 Å². The largest absolute Gasteiger partial charge is 0.490 e. The van der Waals surface area contributed by atoms with Crippen LogP contribution >= 0.6 is 0 Å². The van der Waals surface area contributed by atoms with E-state index in [2.05, 4.69) is 16.4 Å². The first-order valence-electron chi connectivity index (χ1n) is 12.9. The van der Waals surface area contributed by atoms with Crippen LogP contribution in [0.15, 0.2) is 42.1 Å². The molecule has 0 bridgehead atoms. The average molecular weight is 479 g/mol. The summed E-state index contributed by atoms with van der Waals surface area (Å²) < 4.78 is 11.9. The Bertz CT molecular complexity index is 1000. The second-order valence-electron chi connectivity index (χ2n) is 9.62. The molecule has 2 fully saturated rings. The second kappa shape index (κ2) is 12.2. The van der Waals surface area contributed by atoms with Gasteiger partial charge in [0.1, 0.15) is 17.7 Å². The molecule has 4 rings (SSSR count). The Morgan fingerprint density at radius 3 is 2.86 bits per heavy atom. The highest BCUT2D eigenvalue weighted by Crippen LogP contribution is 2.31. The molecular formula is C28H38N4O3. The topological polar surface area (TPSA) is 76.6 Å². The van der Waals surface area contributed by atoms with Gasteiger partial charge in [-0.2, -0.15) is 0 Å². The van der Waals surface area contributed by atoms with Crippen molar-refractivity contribution in [2.45, 2.75) is 70.4 Å². The fraction of sp³-hybridized carbons (Fsp3) is 0.536. The van der Waals surface area contributed by atoms with Gasteiger partial charge in [-0.25, -0.2) is 14.8 Å². The van der Waals surface area contributed by atoms with E-state index in [1.807, 2.05) is 50.4 Å². The highest BCUT2D eigenvalue weighted by molar-refractivity contribution is 5.74. The lowest BCUT2D eigenvalue weighted by molar-refractivity contribution is 0.143. The predicted molar refractivity (Wildman–Crippen MR) is 137 cm³/mol. The smallest absolute Gasteiger partial charge is 0.317 e. The lowest BCUT2D eigenvalue weighted by Crippen LogP contribution is -2.38. The van der Waals surface area contributed by atoms with Crippen LogP contribution in [0.3, 0.4) is 0 Å². The Morgan fingerprint density at radius 1 is 1.23 bits per heavy atom. The van der Waals surface area contributed by atoms with Gasteiger partial charge >= 0.3 is 6.03 Å². The average Bonchev–Trinajstić information content (AvgIpc) is 3.13. The Balaban J connectivity index is 1.31. The number of benzene rings is 1. The number of nitrogens with one attached hydrogen (secondary N) is 1. The molecule has 7 nitrogen and oxygen atoms in total. The van der Waals surface area contributed by atoms with Gasteiger partial charge in [-0.1, -0.05) is 17.7 Å². The summed E-state index contributed by atoms with van der Waals surface area (Å²) in [6.45, 7) is 6.27. The van der Waals surface area contributed by atoms with Crippen molar-refractivity contribution < 1.29 is 14.3 Å². The molecule has 188 valence electrons. The van der Waals surface area contributed by atoms with E-state index in [0.29, 0.717) is 12.5 Å². The highest BCUT2D eigenvalue weighted by atomic mass is 16.5. The quantitative estimate of drug-likeness (QED) is 0.569. The van der Waals surface area contributed by atoms with Gasteiger partial charge in [0, 0.05) is 45.3 Å². The van der Waals surface area contributed by atoms with Crippen LogP contribution in [0.1, 0.15) is 81.4 Å². The maximum absolute atomic E-state index is 12.1. The summed E-state index contributed by atoms with van der Waals surface area (Å²) in [6.07, 6.45) is 10.4. The zero-order valence-electron chi connectivity index (χ0n) is 21.2. The van der Waals surface area contributed by atoms with E-state index in [4.69, 9.17) is 14.5 Å². The molecule has 7 heteroatoms. The SMILES string of the molecule is CCN(C)C(=O)N[C@@H](C)c1ccc(O[C@@H]2CCC(=Cc3ccnc([C@@H]4CCCOCC4)n3)C2)cc1. The van der Waals surface area contributed by atoms with Crippen LogP contribution in [0.2, 0.25) is 0 Å². The van der Waals surface area contributed by atoms with Crippen LogP contribution in [-0.2, 0) is 4.74 Å². The molecular weight excluding hydrogens is 440 g/mol.